The largest absolute Gasteiger partial charge is 0.456 e. The number of nitrogens with one attached hydrogen (secondary N) is 1. The van der Waals surface area contributed by atoms with Crippen LogP contribution in [0.4, 0.5) is 0 Å². The van der Waals surface area contributed by atoms with E-state index in [1.165, 1.54) is 19.1 Å². The molecule has 0 bridgehead atoms. The molecule has 0 saturated heterocycles. The van der Waals surface area contributed by atoms with Crippen LogP contribution in [-0.2, 0) is 19.6 Å². The minimum absolute atomic E-state index is 0.0808. The Kier molecular flexibility index (Phi) is 6.18. The Balaban J connectivity index is 1.66. The first kappa shape index (κ1) is 20.5. The van der Waals surface area contributed by atoms with Crippen molar-refractivity contribution >= 4 is 60.5 Å². The van der Waals surface area contributed by atoms with Crippen LogP contribution >= 0.6 is 27.7 Å². The number of rotatable bonds is 7. The number of nitrogens with zero attached hydrogens (tertiary/aromatic N) is 2. The van der Waals surface area contributed by atoms with Gasteiger partial charge in [0.1, 0.15) is 22.0 Å². The summed E-state index contributed by atoms with van der Waals surface area (Å²) in [5, 5.41) is 0. The van der Waals surface area contributed by atoms with Crippen molar-refractivity contribution in [2.75, 3.05) is 6.61 Å². The van der Waals surface area contributed by atoms with Crippen LogP contribution in [-0.4, -0.2) is 41.6 Å². The number of Topliss-reactive ketones (excluding diaryl/α,β-unsaturated/α-hetero) is 1. The Bertz CT molecular complexity index is 1150. The van der Waals surface area contributed by atoms with Crippen molar-refractivity contribution in [2.45, 2.75) is 17.9 Å². The molecule has 146 valence electrons. The molecule has 1 heterocycles. The number of esters is 1. The number of hydrogen-bond acceptors (Lipinski definition) is 8. The van der Waals surface area contributed by atoms with E-state index in [1.54, 1.807) is 30.3 Å². The number of carbonyl (C=O) groups is 2. The van der Waals surface area contributed by atoms with E-state index in [1.807, 2.05) is 0 Å². The molecule has 0 unspecified atom stereocenters. The van der Waals surface area contributed by atoms with Crippen molar-refractivity contribution in [3.8, 4) is 0 Å². The highest BCUT2D eigenvalue weighted by Gasteiger charge is 2.26. The zero-order chi connectivity index (χ0) is 20.3. The molecule has 3 aromatic rings. The second-order valence-corrected chi connectivity index (χ2v) is 8.81. The van der Waals surface area contributed by atoms with Gasteiger partial charge in [0.25, 0.3) is 0 Å². The third kappa shape index (κ3) is 4.43. The van der Waals surface area contributed by atoms with Gasteiger partial charge in [-0.15, -0.1) is 0 Å². The van der Waals surface area contributed by atoms with Gasteiger partial charge in [-0.2, -0.15) is 13.5 Å². The van der Waals surface area contributed by atoms with E-state index in [4.69, 9.17) is 4.74 Å². The monoisotopic (exact) mass is 483 g/mol. The Hall–Kier alpha value is -2.21. The van der Waals surface area contributed by atoms with Crippen LogP contribution in [0.25, 0.3) is 11.0 Å². The SMILES string of the molecule is C[C@H](NS(=O)(=O)c1cccc2nsnc12)C(=O)OCC(=O)c1ccccc1Br. The lowest BCUT2D eigenvalue weighted by molar-refractivity contribution is -0.144. The lowest BCUT2D eigenvalue weighted by atomic mass is 10.1. The van der Waals surface area contributed by atoms with Crippen LogP contribution in [0, 0.1) is 0 Å². The smallest absolute Gasteiger partial charge is 0.324 e. The number of benzene rings is 2. The predicted molar refractivity (Wildman–Crippen MR) is 107 cm³/mol. The number of ether oxygens (including phenoxy) is 1. The van der Waals surface area contributed by atoms with Crippen molar-refractivity contribution in [1.82, 2.24) is 13.5 Å². The minimum atomic E-state index is -4.04. The number of carbonyl (C=O) groups excluding carboxylic acids is 2. The normalized spacial score (nSPS) is 12.6. The average molecular weight is 484 g/mol. The zero-order valence-corrected chi connectivity index (χ0v) is 17.7. The molecule has 1 N–H and O–H groups in total. The van der Waals surface area contributed by atoms with Crippen LogP contribution in [0.3, 0.4) is 0 Å². The fraction of sp³-hybridized carbons (Fsp3) is 0.176. The van der Waals surface area contributed by atoms with Crippen LogP contribution < -0.4 is 4.72 Å². The van der Waals surface area contributed by atoms with Gasteiger partial charge in [0.15, 0.2) is 6.61 Å². The van der Waals surface area contributed by atoms with Crippen molar-refractivity contribution in [3.05, 3.63) is 52.5 Å². The Morgan fingerprint density at radius 2 is 1.93 bits per heavy atom. The highest BCUT2D eigenvalue weighted by atomic mass is 79.9. The summed E-state index contributed by atoms with van der Waals surface area (Å²) >= 11 is 4.15. The molecule has 11 heteroatoms. The Morgan fingerprint density at radius 1 is 1.18 bits per heavy atom. The maximum atomic E-state index is 12.6. The van der Waals surface area contributed by atoms with Gasteiger partial charge < -0.3 is 4.74 Å². The van der Waals surface area contributed by atoms with E-state index >= 15 is 0 Å². The van der Waals surface area contributed by atoms with Gasteiger partial charge in [-0.25, -0.2) is 8.42 Å². The van der Waals surface area contributed by atoms with Crippen LogP contribution in [0.1, 0.15) is 17.3 Å². The number of hydrogen-bond donors (Lipinski definition) is 1. The van der Waals surface area contributed by atoms with Gasteiger partial charge in [0, 0.05) is 10.0 Å². The second kappa shape index (κ2) is 8.43. The highest BCUT2D eigenvalue weighted by molar-refractivity contribution is 9.10. The molecule has 0 fully saturated rings. The van der Waals surface area contributed by atoms with Crippen molar-refractivity contribution in [3.63, 3.8) is 0 Å². The van der Waals surface area contributed by atoms with E-state index < -0.39 is 34.4 Å². The first-order valence-corrected chi connectivity index (χ1v) is 11.0. The maximum absolute atomic E-state index is 12.6. The van der Waals surface area contributed by atoms with E-state index in [2.05, 4.69) is 29.4 Å². The number of halogens is 1. The summed E-state index contributed by atoms with van der Waals surface area (Å²) < 4.78 is 41.0. The number of fused-ring (bicyclic) bond motifs is 1. The Labute approximate surface area is 173 Å². The van der Waals surface area contributed by atoms with Crippen LogP contribution in [0.2, 0.25) is 0 Å². The molecule has 0 aliphatic rings. The quantitative estimate of drug-likeness (QED) is 0.405. The van der Waals surface area contributed by atoms with E-state index in [0.717, 1.165) is 11.7 Å². The summed E-state index contributed by atoms with van der Waals surface area (Å²) in [7, 11) is -4.04. The minimum Gasteiger partial charge on any atom is -0.456 e. The zero-order valence-electron chi connectivity index (χ0n) is 14.5. The Morgan fingerprint density at radius 3 is 2.68 bits per heavy atom. The highest BCUT2D eigenvalue weighted by Crippen LogP contribution is 2.21. The van der Waals surface area contributed by atoms with Gasteiger partial charge in [-0.05, 0) is 25.1 Å². The third-order valence-electron chi connectivity index (χ3n) is 3.74. The fourth-order valence-electron chi connectivity index (χ4n) is 2.37. The number of aromatic nitrogens is 2. The van der Waals surface area contributed by atoms with Gasteiger partial charge in [-0.3, -0.25) is 9.59 Å². The van der Waals surface area contributed by atoms with E-state index in [-0.39, 0.29) is 10.4 Å². The molecule has 0 amide bonds. The van der Waals surface area contributed by atoms with E-state index in [9.17, 15) is 18.0 Å². The summed E-state index contributed by atoms with van der Waals surface area (Å²) in [4.78, 5) is 24.2. The second-order valence-electron chi connectivity index (χ2n) is 5.74. The molecule has 0 spiro atoms. The van der Waals surface area contributed by atoms with Gasteiger partial charge in [-0.1, -0.05) is 40.2 Å². The lowest BCUT2D eigenvalue weighted by Gasteiger charge is -2.14. The van der Waals surface area contributed by atoms with Crippen molar-refractivity contribution in [2.24, 2.45) is 0 Å². The molecular formula is C17H14BrN3O5S2. The van der Waals surface area contributed by atoms with E-state index in [0.29, 0.717) is 15.6 Å². The molecule has 0 aliphatic carbocycles. The van der Waals surface area contributed by atoms with Gasteiger partial charge in [0.05, 0.1) is 11.7 Å². The first-order chi connectivity index (χ1) is 13.3. The van der Waals surface area contributed by atoms with Crippen LogP contribution in [0.15, 0.2) is 51.8 Å². The topological polar surface area (TPSA) is 115 Å². The molecule has 8 nitrogen and oxygen atoms in total. The third-order valence-corrected chi connectivity index (χ3v) is 6.55. The summed E-state index contributed by atoms with van der Waals surface area (Å²) in [5.41, 5.74) is 1.04. The summed E-state index contributed by atoms with van der Waals surface area (Å²) in [6.45, 7) is 0.835. The molecule has 0 saturated carbocycles. The molecule has 0 aliphatic heterocycles. The molecule has 28 heavy (non-hydrogen) atoms. The van der Waals surface area contributed by atoms with Crippen LogP contribution in [0.5, 0.6) is 0 Å². The maximum Gasteiger partial charge on any atom is 0.324 e. The average Bonchev–Trinajstić information content (AvgIpc) is 3.14. The molecule has 0 radical (unpaired) electrons. The standard InChI is InChI=1S/C17H14BrN3O5S2/c1-10(17(23)26-9-14(22)11-5-2-3-6-12(11)18)21-28(24,25)15-8-4-7-13-16(15)20-27-19-13/h2-8,10,21H,9H2,1H3/t10-/m0/s1. The summed E-state index contributed by atoms with van der Waals surface area (Å²) in [6, 6.07) is 10.1. The van der Waals surface area contributed by atoms with Crippen molar-refractivity contribution < 1.29 is 22.7 Å². The molecule has 1 atom stereocenters. The summed E-state index contributed by atoms with van der Waals surface area (Å²) in [5.74, 6) is -1.28. The number of ketones is 1. The number of sulfonamides is 1. The summed E-state index contributed by atoms with van der Waals surface area (Å²) in [6.07, 6.45) is 0. The lowest BCUT2D eigenvalue weighted by Crippen LogP contribution is -2.40. The molecular weight excluding hydrogens is 470 g/mol. The van der Waals surface area contributed by atoms with Gasteiger partial charge >= 0.3 is 5.97 Å². The van der Waals surface area contributed by atoms with Gasteiger partial charge in [0.2, 0.25) is 15.8 Å². The van der Waals surface area contributed by atoms with Crippen molar-refractivity contribution in [1.29, 1.82) is 0 Å². The fourth-order valence-corrected chi connectivity index (χ4v) is 4.83. The molecule has 1 aromatic heterocycles. The molecule has 2 aromatic carbocycles. The molecule has 3 rings (SSSR count). The first-order valence-electron chi connectivity index (χ1n) is 7.97. The predicted octanol–water partition coefficient (Wildman–Crippen LogP) is 2.55.